The Morgan fingerprint density at radius 2 is 2.20 bits per heavy atom. The summed E-state index contributed by atoms with van der Waals surface area (Å²) in [6, 6.07) is 11.1. The number of hydrogen-bond donors (Lipinski definition) is 1. The Labute approximate surface area is 118 Å². The van der Waals surface area contributed by atoms with Crippen molar-refractivity contribution in [3.63, 3.8) is 0 Å². The largest absolute Gasteiger partial charge is 0.494 e. The third kappa shape index (κ3) is 4.16. The van der Waals surface area contributed by atoms with E-state index >= 15 is 0 Å². The lowest BCUT2D eigenvalue weighted by atomic mass is 10.2. The van der Waals surface area contributed by atoms with Crippen LogP contribution in [-0.2, 0) is 6.54 Å². The zero-order valence-corrected chi connectivity index (χ0v) is 11.6. The number of nitrogens with one attached hydrogen (secondary N) is 1. The second-order valence-corrected chi connectivity index (χ2v) is 4.51. The van der Waals surface area contributed by atoms with E-state index in [0.29, 0.717) is 12.3 Å². The van der Waals surface area contributed by atoms with Gasteiger partial charge in [0.1, 0.15) is 5.75 Å². The Morgan fingerprint density at radius 3 is 2.95 bits per heavy atom. The standard InChI is InChI=1S/C16H19NO3/c1-2-3-9-19-14-7-4-6-13(11-14)12-17-16(18)15-8-5-10-20-15/h4-8,10-11H,2-3,9,12H2,1H3,(H,17,18). The highest BCUT2D eigenvalue weighted by atomic mass is 16.5. The summed E-state index contributed by atoms with van der Waals surface area (Å²) in [7, 11) is 0. The Morgan fingerprint density at radius 1 is 1.30 bits per heavy atom. The van der Waals surface area contributed by atoms with E-state index in [1.807, 2.05) is 24.3 Å². The molecule has 0 aliphatic heterocycles. The normalized spacial score (nSPS) is 10.2. The molecule has 0 aliphatic rings. The number of rotatable bonds is 7. The molecule has 0 saturated heterocycles. The molecule has 4 nitrogen and oxygen atoms in total. The Bertz CT molecular complexity index is 534. The molecule has 0 bridgehead atoms. The highest BCUT2D eigenvalue weighted by molar-refractivity contribution is 5.91. The van der Waals surface area contributed by atoms with Gasteiger partial charge >= 0.3 is 0 Å². The summed E-state index contributed by atoms with van der Waals surface area (Å²) in [5, 5.41) is 2.81. The molecule has 1 N–H and O–H groups in total. The Balaban J connectivity index is 1.86. The second-order valence-electron chi connectivity index (χ2n) is 4.51. The predicted molar refractivity (Wildman–Crippen MR) is 76.7 cm³/mol. The number of carbonyl (C=O) groups is 1. The molecule has 0 fully saturated rings. The van der Waals surface area contributed by atoms with Gasteiger partial charge < -0.3 is 14.5 Å². The average molecular weight is 273 g/mol. The molecule has 0 aliphatic carbocycles. The maximum absolute atomic E-state index is 11.7. The van der Waals surface area contributed by atoms with Gasteiger partial charge in [-0.3, -0.25) is 4.79 Å². The van der Waals surface area contributed by atoms with Crippen LogP contribution in [-0.4, -0.2) is 12.5 Å². The van der Waals surface area contributed by atoms with E-state index in [1.54, 1.807) is 12.1 Å². The van der Waals surface area contributed by atoms with Gasteiger partial charge in [0.2, 0.25) is 0 Å². The average Bonchev–Trinajstić information content (AvgIpc) is 3.00. The smallest absolute Gasteiger partial charge is 0.287 e. The summed E-state index contributed by atoms with van der Waals surface area (Å²) < 4.78 is 10.7. The number of furan rings is 1. The van der Waals surface area contributed by atoms with Crippen LogP contribution in [0.25, 0.3) is 0 Å². The molecule has 0 unspecified atom stereocenters. The lowest BCUT2D eigenvalue weighted by molar-refractivity contribution is 0.0923. The van der Waals surface area contributed by atoms with E-state index in [0.717, 1.165) is 30.8 Å². The van der Waals surface area contributed by atoms with Crippen molar-refractivity contribution in [2.24, 2.45) is 0 Å². The fourth-order valence-electron chi connectivity index (χ4n) is 1.76. The maximum atomic E-state index is 11.7. The first kappa shape index (κ1) is 14.2. The van der Waals surface area contributed by atoms with Crippen LogP contribution in [0.1, 0.15) is 35.9 Å². The van der Waals surface area contributed by atoms with Gasteiger partial charge in [-0.05, 0) is 36.2 Å². The number of unbranched alkanes of at least 4 members (excludes halogenated alkanes) is 1. The fourth-order valence-corrected chi connectivity index (χ4v) is 1.76. The van der Waals surface area contributed by atoms with E-state index in [-0.39, 0.29) is 5.91 Å². The highest BCUT2D eigenvalue weighted by Gasteiger charge is 2.07. The predicted octanol–water partition coefficient (Wildman–Crippen LogP) is 3.39. The minimum Gasteiger partial charge on any atom is -0.494 e. The molecule has 2 aromatic rings. The second kappa shape index (κ2) is 7.38. The SMILES string of the molecule is CCCCOc1cccc(CNC(=O)c2ccco2)c1. The Kier molecular flexibility index (Phi) is 5.24. The van der Waals surface area contributed by atoms with Crippen molar-refractivity contribution in [2.75, 3.05) is 6.61 Å². The third-order valence-electron chi connectivity index (χ3n) is 2.86. The van der Waals surface area contributed by atoms with Crippen molar-refractivity contribution in [2.45, 2.75) is 26.3 Å². The molecular weight excluding hydrogens is 254 g/mol. The summed E-state index contributed by atoms with van der Waals surface area (Å²) in [4.78, 5) is 11.7. The van der Waals surface area contributed by atoms with Crippen LogP contribution in [0.3, 0.4) is 0 Å². The molecule has 2 rings (SSSR count). The zero-order chi connectivity index (χ0) is 14.2. The van der Waals surface area contributed by atoms with E-state index in [9.17, 15) is 4.79 Å². The van der Waals surface area contributed by atoms with Crippen LogP contribution in [0.2, 0.25) is 0 Å². The molecule has 0 spiro atoms. The van der Waals surface area contributed by atoms with Gasteiger partial charge in [0.05, 0.1) is 12.9 Å². The van der Waals surface area contributed by atoms with Crippen molar-refractivity contribution >= 4 is 5.91 Å². The number of carbonyl (C=O) groups excluding carboxylic acids is 1. The molecule has 106 valence electrons. The molecule has 4 heteroatoms. The number of hydrogen-bond acceptors (Lipinski definition) is 3. The van der Waals surface area contributed by atoms with Crippen LogP contribution >= 0.6 is 0 Å². The van der Waals surface area contributed by atoms with Crippen LogP contribution in [0.4, 0.5) is 0 Å². The van der Waals surface area contributed by atoms with Gasteiger partial charge in [-0.15, -0.1) is 0 Å². The van der Waals surface area contributed by atoms with Crippen LogP contribution < -0.4 is 10.1 Å². The van der Waals surface area contributed by atoms with Crippen LogP contribution in [0.15, 0.2) is 47.1 Å². The van der Waals surface area contributed by atoms with Crippen LogP contribution in [0, 0.1) is 0 Å². The third-order valence-corrected chi connectivity index (χ3v) is 2.86. The number of ether oxygens (including phenoxy) is 1. The van der Waals surface area contributed by atoms with Gasteiger partial charge in [0, 0.05) is 6.54 Å². The molecule has 1 amide bonds. The Hall–Kier alpha value is -2.23. The molecule has 0 atom stereocenters. The van der Waals surface area contributed by atoms with E-state index < -0.39 is 0 Å². The molecule has 1 aromatic carbocycles. The zero-order valence-electron chi connectivity index (χ0n) is 11.6. The summed E-state index contributed by atoms with van der Waals surface area (Å²) in [5.41, 5.74) is 0.999. The van der Waals surface area contributed by atoms with Crippen molar-refractivity contribution < 1.29 is 13.9 Å². The van der Waals surface area contributed by atoms with Gasteiger partial charge in [0.25, 0.3) is 5.91 Å². The van der Waals surface area contributed by atoms with Crippen molar-refractivity contribution in [3.05, 3.63) is 54.0 Å². The monoisotopic (exact) mass is 273 g/mol. The molecule has 1 aromatic heterocycles. The first-order valence-corrected chi connectivity index (χ1v) is 6.83. The summed E-state index contributed by atoms with van der Waals surface area (Å²) in [6.45, 7) is 3.30. The van der Waals surface area contributed by atoms with Gasteiger partial charge in [-0.2, -0.15) is 0 Å². The van der Waals surface area contributed by atoms with E-state index in [2.05, 4.69) is 12.2 Å². The van der Waals surface area contributed by atoms with E-state index in [4.69, 9.17) is 9.15 Å². The van der Waals surface area contributed by atoms with Crippen LogP contribution in [0.5, 0.6) is 5.75 Å². The lowest BCUT2D eigenvalue weighted by Gasteiger charge is -2.08. The summed E-state index contributed by atoms with van der Waals surface area (Å²) in [6.07, 6.45) is 3.63. The summed E-state index contributed by atoms with van der Waals surface area (Å²) >= 11 is 0. The number of amides is 1. The van der Waals surface area contributed by atoms with Crippen molar-refractivity contribution in [3.8, 4) is 5.75 Å². The highest BCUT2D eigenvalue weighted by Crippen LogP contribution is 2.14. The first-order valence-electron chi connectivity index (χ1n) is 6.83. The van der Waals surface area contributed by atoms with Gasteiger partial charge in [-0.1, -0.05) is 25.5 Å². The lowest BCUT2D eigenvalue weighted by Crippen LogP contribution is -2.22. The maximum Gasteiger partial charge on any atom is 0.287 e. The first-order chi connectivity index (χ1) is 9.79. The number of benzene rings is 1. The molecule has 1 heterocycles. The van der Waals surface area contributed by atoms with Crippen molar-refractivity contribution in [1.29, 1.82) is 0 Å². The molecular formula is C16H19NO3. The minimum atomic E-state index is -0.215. The van der Waals surface area contributed by atoms with Gasteiger partial charge in [0.15, 0.2) is 5.76 Å². The van der Waals surface area contributed by atoms with Gasteiger partial charge in [-0.25, -0.2) is 0 Å². The molecule has 0 radical (unpaired) electrons. The van der Waals surface area contributed by atoms with E-state index in [1.165, 1.54) is 6.26 Å². The topological polar surface area (TPSA) is 51.5 Å². The molecule has 20 heavy (non-hydrogen) atoms. The molecule has 0 saturated carbocycles. The quantitative estimate of drug-likeness (QED) is 0.787. The minimum absolute atomic E-state index is 0.215. The fraction of sp³-hybridized carbons (Fsp3) is 0.312. The summed E-state index contributed by atoms with van der Waals surface area (Å²) in [5.74, 6) is 0.941. The van der Waals surface area contributed by atoms with Crippen molar-refractivity contribution in [1.82, 2.24) is 5.32 Å².